The Labute approximate surface area is 103 Å². The maximum absolute atomic E-state index is 11.8. The van der Waals surface area contributed by atoms with Crippen molar-refractivity contribution in [1.82, 2.24) is 5.32 Å². The van der Waals surface area contributed by atoms with Gasteiger partial charge in [-0.1, -0.05) is 0 Å². The first-order valence-electron chi connectivity index (χ1n) is 4.44. The van der Waals surface area contributed by atoms with Crippen molar-refractivity contribution in [1.29, 1.82) is 0 Å². The van der Waals surface area contributed by atoms with Gasteiger partial charge in [-0.25, -0.2) is 0 Å². The van der Waals surface area contributed by atoms with Crippen LogP contribution < -0.4 is 5.32 Å². The first-order chi connectivity index (χ1) is 7.38. The predicted molar refractivity (Wildman–Crippen MR) is 59.2 cm³/mol. The van der Waals surface area contributed by atoms with E-state index >= 15 is 0 Å². The van der Waals surface area contributed by atoms with Crippen molar-refractivity contribution in [2.75, 3.05) is 0 Å². The van der Waals surface area contributed by atoms with Gasteiger partial charge < -0.3 is 5.32 Å². The average Bonchev–Trinajstić information content (AvgIpc) is 2.57. The second kappa shape index (κ2) is 5.67. The van der Waals surface area contributed by atoms with E-state index in [-0.39, 0.29) is 6.54 Å². The number of nitrogens with one attached hydrogen (secondary N) is 1. The van der Waals surface area contributed by atoms with Crippen LogP contribution in [0.15, 0.2) is 15.9 Å². The average molecular weight is 316 g/mol. The van der Waals surface area contributed by atoms with Crippen LogP contribution in [0.1, 0.15) is 17.7 Å². The molecule has 0 spiro atoms. The Hall–Kier alpha value is -0.560. The molecule has 2 nitrogen and oxygen atoms in total. The fraction of sp³-hybridized carbons (Fsp3) is 0.444. The molecule has 0 bridgehead atoms. The van der Waals surface area contributed by atoms with Crippen LogP contribution in [0.4, 0.5) is 13.2 Å². The van der Waals surface area contributed by atoms with E-state index in [4.69, 9.17) is 0 Å². The molecule has 1 aromatic rings. The summed E-state index contributed by atoms with van der Waals surface area (Å²) < 4.78 is 36.3. The molecule has 0 aliphatic carbocycles. The van der Waals surface area contributed by atoms with Gasteiger partial charge in [0.15, 0.2) is 0 Å². The fourth-order valence-electron chi connectivity index (χ4n) is 0.974. The number of alkyl halides is 3. The number of carbonyl (C=O) groups excluding carboxylic acids is 1. The monoisotopic (exact) mass is 315 g/mol. The van der Waals surface area contributed by atoms with E-state index in [1.165, 1.54) is 11.3 Å². The van der Waals surface area contributed by atoms with Crippen molar-refractivity contribution in [2.45, 2.75) is 25.6 Å². The third kappa shape index (κ3) is 4.98. The topological polar surface area (TPSA) is 29.1 Å². The number of hydrogen-bond donors (Lipinski definition) is 1. The van der Waals surface area contributed by atoms with Crippen molar-refractivity contribution in [3.05, 3.63) is 20.8 Å². The Kier molecular flexibility index (Phi) is 4.79. The molecule has 1 heterocycles. The number of halogens is 4. The van der Waals surface area contributed by atoms with Gasteiger partial charge in [0.05, 0.1) is 13.0 Å². The summed E-state index contributed by atoms with van der Waals surface area (Å²) in [4.78, 5) is 12.0. The molecule has 0 saturated heterocycles. The zero-order valence-corrected chi connectivity index (χ0v) is 10.5. The molecule has 0 aliphatic heterocycles. The number of rotatable bonds is 4. The van der Waals surface area contributed by atoms with Crippen LogP contribution in [0.3, 0.4) is 0 Å². The van der Waals surface area contributed by atoms with Gasteiger partial charge >= 0.3 is 6.18 Å². The van der Waals surface area contributed by atoms with Crippen LogP contribution in [-0.2, 0) is 11.3 Å². The molecule has 0 aliphatic rings. The Balaban J connectivity index is 2.29. The smallest absolute Gasteiger partial charge is 0.351 e. The molecule has 0 unspecified atom stereocenters. The largest absolute Gasteiger partial charge is 0.389 e. The Morgan fingerprint density at radius 3 is 2.69 bits per heavy atom. The molecule has 1 N–H and O–H groups in total. The summed E-state index contributed by atoms with van der Waals surface area (Å²) in [6, 6.07) is 1.82. The molecule has 16 heavy (non-hydrogen) atoms. The van der Waals surface area contributed by atoms with Crippen molar-refractivity contribution < 1.29 is 18.0 Å². The molecule has 0 aromatic carbocycles. The van der Waals surface area contributed by atoms with Crippen molar-refractivity contribution >= 4 is 33.2 Å². The molecule has 0 atom stereocenters. The van der Waals surface area contributed by atoms with Gasteiger partial charge in [-0.2, -0.15) is 13.2 Å². The van der Waals surface area contributed by atoms with Crippen molar-refractivity contribution in [3.63, 3.8) is 0 Å². The number of amides is 1. The van der Waals surface area contributed by atoms with Gasteiger partial charge in [0.25, 0.3) is 0 Å². The summed E-state index contributed by atoms with van der Waals surface area (Å²) in [5, 5.41) is 4.27. The highest BCUT2D eigenvalue weighted by atomic mass is 79.9. The molecule has 1 amide bonds. The normalized spacial score (nSPS) is 11.5. The lowest BCUT2D eigenvalue weighted by Gasteiger charge is -2.06. The molecule has 7 heteroatoms. The van der Waals surface area contributed by atoms with E-state index in [0.717, 1.165) is 9.35 Å². The molecule has 0 saturated carbocycles. The Morgan fingerprint density at radius 1 is 1.50 bits per heavy atom. The minimum atomic E-state index is -4.28. The highest BCUT2D eigenvalue weighted by Crippen LogP contribution is 2.23. The highest BCUT2D eigenvalue weighted by Gasteiger charge is 2.27. The summed E-state index contributed by atoms with van der Waals surface area (Å²) in [5.41, 5.74) is 0. The van der Waals surface area contributed by atoms with E-state index < -0.39 is 24.9 Å². The SMILES string of the molecule is O=C(CCC(F)(F)F)NCc1sccc1Br. The van der Waals surface area contributed by atoms with Crippen LogP contribution in [-0.4, -0.2) is 12.1 Å². The lowest BCUT2D eigenvalue weighted by Crippen LogP contribution is -2.24. The molecule has 90 valence electrons. The zero-order valence-electron chi connectivity index (χ0n) is 8.10. The van der Waals surface area contributed by atoms with E-state index in [9.17, 15) is 18.0 Å². The summed E-state index contributed by atoms with van der Waals surface area (Å²) in [7, 11) is 0. The quantitative estimate of drug-likeness (QED) is 0.905. The number of carbonyl (C=O) groups is 1. The van der Waals surface area contributed by atoms with Crippen LogP contribution >= 0.6 is 27.3 Å². The lowest BCUT2D eigenvalue weighted by atomic mass is 10.3. The Morgan fingerprint density at radius 2 is 2.19 bits per heavy atom. The summed E-state index contributed by atoms with van der Waals surface area (Å²) in [5.74, 6) is -0.586. The second-order valence-electron chi connectivity index (χ2n) is 3.08. The number of hydrogen-bond acceptors (Lipinski definition) is 2. The maximum Gasteiger partial charge on any atom is 0.389 e. The summed E-state index contributed by atoms with van der Waals surface area (Å²) in [6.45, 7) is 0.259. The first-order valence-corrected chi connectivity index (χ1v) is 6.11. The standard InChI is InChI=1S/C9H9BrF3NOS/c10-6-2-4-16-7(6)5-14-8(15)1-3-9(11,12)13/h2,4H,1,3,5H2,(H,14,15). The van der Waals surface area contributed by atoms with E-state index in [0.29, 0.717) is 0 Å². The molecule has 1 aromatic heterocycles. The molecule has 1 rings (SSSR count). The van der Waals surface area contributed by atoms with Crippen LogP contribution in [0.5, 0.6) is 0 Å². The third-order valence-electron chi connectivity index (χ3n) is 1.77. The molecular weight excluding hydrogens is 307 g/mol. The highest BCUT2D eigenvalue weighted by molar-refractivity contribution is 9.10. The van der Waals surface area contributed by atoms with Gasteiger partial charge in [-0.3, -0.25) is 4.79 Å². The third-order valence-corrected chi connectivity index (χ3v) is 3.70. The zero-order chi connectivity index (χ0) is 12.2. The van der Waals surface area contributed by atoms with E-state index in [2.05, 4.69) is 21.2 Å². The maximum atomic E-state index is 11.8. The van der Waals surface area contributed by atoms with E-state index in [1.54, 1.807) is 0 Å². The van der Waals surface area contributed by atoms with Crippen molar-refractivity contribution in [3.8, 4) is 0 Å². The fourth-order valence-corrected chi connectivity index (χ4v) is 2.41. The Bertz CT molecular complexity index is 364. The number of thiophene rings is 1. The van der Waals surface area contributed by atoms with Crippen molar-refractivity contribution in [2.24, 2.45) is 0 Å². The van der Waals surface area contributed by atoms with Gasteiger partial charge in [0.2, 0.25) is 5.91 Å². The minimum Gasteiger partial charge on any atom is -0.351 e. The van der Waals surface area contributed by atoms with Crippen LogP contribution in [0, 0.1) is 0 Å². The second-order valence-corrected chi connectivity index (χ2v) is 4.94. The van der Waals surface area contributed by atoms with Gasteiger partial charge in [-0.05, 0) is 27.4 Å². The van der Waals surface area contributed by atoms with Crippen LogP contribution in [0.2, 0.25) is 0 Å². The molecule has 0 fully saturated rings. The molecular formula is C9H9BrF3NOS. The van der Waals surface area contributed by atoms with Gasteiger partial charge in [0, 0.05) is 15.8 Å². The predicted octanol–water partition coefficient (Wildman–Crippen LogP) is 3.47. The first kappa shape index (κ1) is 13.5. The van der Waals surface area contributed by atoms with Gasteiger partial charge in [-0.15, -0.1) is 11.3 Å². The minimum absolute atomic E-state index is 0.259. The molecule has 0 radical (unpaired) electrons. The summed E-state index contributed by atoms with van der Waals surface area (Å²) in [6.07, 6.45) is -5.88. The summed E-state index contributed by atoms with van der Waals surface area (Å²) >= 11 is 4.70. The lowest BCUT2D eigenvalue weighted by molar-refractivity contribution is -0.144. The van der Waals surface area contributed by atoms with E-state index in [1.807, 2.05) is 11.4 Å². The van der Waals surface area contributed by atoms with Gasteiger partial charge in [0.1, 0.15) is 0 Å². The van der Waals surface area contributed by atoms with Crippen LogP contribution in [0.25, 0.3) is 0 Å².